The van der Waals surface area contributed by atoms with Crippen LogP contribution in [0.25, 0.3) is 17.1 Å². The number of aromatic amines is 1. The van der Waals surface area contributed by atoms with Gasteiger partial charge in [0.05, 0.1) is 0 Å². The highest BCUT2D eigenvalue weighted by Crippen LogP contribution is 2.26. The predicted molar refractivity (Wildman–Crippen MR) is 76.6 cm³/mol. The van der Waals surface area contributed by atoms with Crippen molar-refractivity contribution in [1.82, 2.24) is 19.7 Å². The first-order valence-corrected chi connectivity index (χ1v) is 6.53. The van der Waals surface area contributed by atoms with E-state index in [1.807, 2.05) is 0 Å². The van der Waals surface area contributed by atoms with Gasteiger partial charge in [-0.15, -0.1) is 0 Å². The number of rotatable bonds is 2. The number of nitrogens with zero attached hydrogens (tertiary/aromatic N) is 3. The van der Waals surface area contributed by atoms with Crippen LogP contribution in [0.3, 0.4) is 0 Å². The lowest BCUT2D eigenvalue weighted by molar-refractivity contribution is 0.563. The normalized spacial score (nSPS) is 10.8. The number of pyridine rings is 1. The maximum Gasteiger partial charge on any atom is 0.200 e. The number of benzene rings is 1. The number of aryl methyl sites for hydroxylation is 1. The Labute approximate surface area is 124 Å². The third-order valence-corrected chi connectivity index (χ3v) is 3.37. The number of hydrogen-bond donors (Lipinski definition) is 1. The van der Waals surface area contributed by atoms with Crippen LogP contribution in [0.5, 0.6) is 0 Å². The van der Waals surface area contributed by atoms with Gasteiger partial charge in [0.1, 0.15) is 11.5 Å². The third kappa shape index (κ3) is 2.25. The number of aromatic nitrogens is 4. The molecule has 0 spiro atoms. The topological polar surface area (TPSA) is 46.5 Å². The van der Waals surface area contributed by atoms with Gasteiger partial charge in [0.2, 0.25) is 0 Å². The molecule has 3 rings (SSSR count). The van der Waals surface area contributed by atoms with E-state index in [-0.39, 0.29) is 10.5 Å². The Balaban J connectivity index is 2.33. The smallest absolute Gasteiger partial charge is 0.200 e. The molecule has 0 bridgehead atoms. The molecule has 0 aliphatic heterocycles. The van der Waals surface area contributed by atoms with Crippen LogP contribution >= 0.6 is 12.2 Å². The van der Waals surface area contributed by atoms with Crippen LogP contribution < -0.4 is 0 Å². The number of nitrogens with one attached hydrogen (secondary N) is 1. The third-order valence-electron chi connectivity index (χ3n) is 3.09. The van der Waals surface area contributed by atoms with Gasteiger partial charge in [0, 0.05) is 18.0 Å². The summed E-state index contributed by atoms with van der Waals surface area (Å²) in [4.78, 5) is 3.91. The van der Waals surface area contributed by atoms with Crippen molar-refractivity contribution in [3.63, 3.8) is 0 Å². The highest BCUT2D eigenvalue weighted by atomic mass is 32.1. The Bertz CT molecular complexity index is 855. The molecule has 1 N–H and O–H groups in total. The summed E-state index contributed by atoms with van der Waals surface area (Å²) in [5.41, 5.74) is 0.744. The fourth-order valence-electron chi connectivity index (χ4n) is 2.05. The summed E-state index contributed by atoms with van der Waals surface area (Å²) in [5, 5.41) is 6.63. The molecule has 0 fully saturated rings. The Morgan fingerprint density at radius 3 is 2.57 bits per heavy atom. The van der Waals surface area contributed by atoms with Gasteiger partial charge in [-0.25, -0.2) is 8.78 Å². The van der Waals surface area contributed by atoms with Crippen molar-refractivity contribution < 1.29 is 8.78 Å². The second-order valence-corrected chi connectivity index (χ2v) is 4.84. The first-order valence-electron chi connectivity index (χ1n) is 6.12. The van der Waals surface area contributed by atoms with E-state index in [9.17, 15) is 8.78 Å². The Morgan fingerprint density at radius 1 is 1.14 bits per heavy atom. The number of halogens is 2. The molecule has 2 aromatic heterocycles. The van der Waals surface area contributed by atoms with Crippen molar-refractivity contribution in [3.8, 4) is 17.1 Å². The molecule has 0 radical (unpaired) electrons. The van der Waals surface area contributed by atoms with Crippen LogP contribution in [-0.4, -0.2) is 19.7 Å². The molecule has 0 unspecified atom stereocenters. The van der Waals surface area contributed by atoms with Gasteiger partial charge < -0.3 is 0 Å². The second kappa shape index (κ2) is 5.17. The lowest BCUT2D eigenvalue weighted by Crippen LogP contribution is -2.05. The van der Waals surface area contributed by atoms with Gasteiger partial charge in [-0.3, -0.25) is 14.6 Å². The molecule has 1 aromatic carbocycles. The summed E-state index contributed by atoms with van der Waals surface area (Å²) >= 11 is 5.11. The van der Waals surface area contributed by atoms with Crippen molar-refractivity contribution in [2.24, 2.45) is 0 Å². The molecular weight excluding hydrogens is 294 g/mol. The predicted octanol–water partition coefficient (Wildman–Crippen LogP) is 3.58. The van der Waals surface area contributed by atoms with Gasteiger partial charge in [0.15, 0.2) is 16.4 Å². The van der Waals surface area contributed by atoms with Crippen molar-refractivity contribution in [1.29, 1.82) is 0 Å². The van der Waals surface area contributed by atoms with Gasteiger partial charge in [-0.1, -0.05) is 6.07 Å². The van der Waals surface area contributed by atoms with E-state index in [0.717, 1.165) is 0 Å². The van der Waals surface area contributed by atoms with Crippen LogP contribution in [0.4, 0.5) is 8.78 Å². The van der Waals surface area contributed by atoms with E-state index in [2.05, 4.69) is 15.2 Å². The van der Waals surface area contributed by atoms with Crippen LogP contribution in [0.1, 0.15) is 5.56 Å². The second-order valence-electron chi connectivity index (χ2n) is 4.45. The molecule has 0 atom stereocenters. The average molecular weight is 304 g/mol. The molecule has 2 heterocycles. The minimum atomic E-state index is -0.703. The summed E-state index contributed by atoms with van der Waals surface area (Å²) in [5.74, 6) is -1.04. The number of H-pyrrole nitrogens is 1. The lowest BCUT2D eigenvalue weighted by Gasteiger charge is -2.10. The summed E-state index contributed by atoms with van der Waals surface area (Å²) in [6.45, 7) is 1.56. The molecule has 0 aliphatic rings. The molecule has 21 heavy (non-hydrogen) atoms. The molecule has 0 amide bonds. The fourth-order valence-corrected chi connectivity index (χ4v) is 2.27. The van der Waals surface area contributed by atoms with Crippen molar-refractivity contribution in [2.45, 2.75) is 6.92 Å². The van der Waals surface area contributed by atoms with E-state index in [1.165, 1.54) is 16.7 Å². The molecule has 7 heteroatoms. The van der Waals surface area contributed by atoms with Gasteiger partial charge in [0.25, 0.3) is 0 Å². The summed E-state index contributed by atoms with van der Waals surface area (Å²) < 4.78 is 29.8. The van der Waals surface area contributed by atoms with Crippen LogP contribution in [-0.2, 0) is 0 Å². The summed E-state index contributed by atoms with van der Waals surface area (Å²) in [6.07, 6.45) is 3.14. The molecular formula is C14H10F2N4S. The average Bonchev–Trinajstić information content (AvgIpc) is 2.87. The van der Waals surface area contributed by atoms with E-state index in [4.69, 9.17) is 12.2 Å². The maximum absolute atomic E-state index is 14.3. The van der Waals surface area contributed by atoms with E-state index >= 15 is 0 Å². The number of hydrogen-bond acceptors (Lipinski definition) is 3. The van der Waals surface area contributed by atoms with Crippen molar-refractivity contribution >= 4 is 12.2 Å². The summed E-state index contributed by atoms with van der Waals surface area (Å²) in [7, 11) is 0. The highest BCUT2D eigenvalue weighted by molar-refractivity contribution is 7.71. The molecule has 0 saturated carbocycles. The Morgan fingerprint density at radius 2 is 1.86 bits per heavy atom. The quantitative estimate of drug-likeness (QED) is 0.736. The molecule has 0 saturated heterocycles. The maximum atomic E-state index is 14.3. The van der Waals surface area contributed by atoms with E-state index in [1.54, 1.807) is 31.5 Å². The van der Waals surface area contributed by atoms with Gasteiger partial charge in [-0.05, 0) is 42.9 Å². The lowest BCUT2D eigenvalue weighted by atomic mass is 10.2. The van der Waals surface area contributed by atoms with E-state index < -0.39 is 11.6 Å². The van der Waals surface area contributed by atoms with Crippen LogP contribution in [0.2, 0.25) is 0 Å². The monoisotopic (exact) mass is 304 g/mol. The first kappa shape index (κ1) is 13.6. The largest absolute Gasteiger partial charge is 0.265 e. The standard InChI is InChI=1S/C14H10F2N4S/c1-8-2-3-10(15)12(11(8)16)20-13(18-19-14(20)21)9-4-6-17-7-5-9/h2-7H,1H3,(H,19,21). The first-order chi connectivity index (χ1) is 10.1. The SMILES string of the molecule is Cc1ccc(F)c(-n2c(-c3ccncc3)n[nH]c2=S)c1F. The van der Waals surface area contributed by atoms with Crippen LogP contribution in [0.15, 0.2) is 36.7 Å². The molecule has 0 aliphatic carbocycles. The van der Waals surface area contributed by atoms with Crippen molar-refractivity contribution in [2.75, 3.05) is 0 Å². The van der Waals surface area contributed by atoms with E-state index in [0.29, 0.717) is 17.0 Å². The van der Waals surface area contributed by atoms with Gasteiger partial charge >= 0.3 is 0 Å². The molecule has 106 valence electrons. The van der Waals surface area contributed by atoms with Crippen LogP contribution in [0, 0.1) is 23.3 Å². The molecule has 4 nitrogen and oxygen atoms in total. The highest BCUT2D eigenvalue weighted by Gasteiger charge is 2.19. The van der Waals surface area contributed by atoms with Crippen molar-refractivity contribution in [3.05, 3.63) is 58.6 Å². The fraction of sp³-hybridized carbons (Fsp3) is 0.0714. The minimum Gasteiger partial charge on any atom is -0.265 e. The summed E-state index contributed by atoms with van der Waals surface area (Å²) in [6, 6.07) is 5.96. The Hall–Kier alpha value is -2.41. The zero-order valence-electron chi connectivity index (χ0n) is 11.0. The van der Waals surface area contributed by atoms with Gasteiger partial charge in [-0.2, -0.15) is 5.10 Å². The molecule has 3 aromatic rings. The zero-order valence-corrected chi connectivity index (χ0v) is 11.8. The zero-order chi connectivity index (χ0) is 15.0. The minimum absolute atomic E-state index is 0.116. The Kier molecular flexibility index (Phi) is 3.34.